The van der Waals surface area contributed by atoms with Crippen molar-refractivity contribution in [2.24, 2.45) is 0 Å². The first kappa shape index (κ1) is 14.1. The zero-order valence-corrected chi connectivity index (χ0v) is 12.4. The molecule has 1 N–H and O–H groups in total. The van der Waals surface area contributed by atoms with Crippen molar-refractivity contribution in [1.29, 1.82) is 0 Å². The highest BCUT2D eigenvalue weighted by Crippen LogP contribution is 2.29. The van der Waals surface area contributed by atoms with Gasteiger partial charge in [0.2, 0.25) is 0 Å². The smallest absolute Gasteiger partial charge is 0.0726 e. The molecule has 3 rings (SSSR count). The molecule has 3 atom stereocenters. The van der Waals surface area contributed by atoms with Crippen LogP contribution in [-0.2, 0) is 4.74 Å². The van der Waals surface area contributed by atoms with E-state index in [0.29, 0.717) is 18.2 Å². The normalized spacial score (nSPS) is 32.1. The summed E-state index contributed by atoms with van der Waals surface area (Å²) < 4.78 is 5.70. The van der Waals surface area contributed by atoms with Gasteiger partial charge in [0.25, 0.3) is 0 Å². The van der Waals surface area contributed by atoms with Crippen LogP contribution in [0.4, 0.5) is 0 Å². The van der Waals surface area contributed by atoms with E-state index in [9.17, 15) is 0 Å². The molecule has 1 aromatic rings. The van der Waals surface area contributed by atoms with Crippen molar-refractivity contribution < 1.29 is 4.74 Å². The molecule has 0 bridgehead atoms. The molecule has 0 spiro atoms. The Morgan fingerprint density at radius 3 is 2.80 bits per heavy atom. The molecular weight excluding hydrogens is 248 g/mol. The molecule has 2 aliphatic rings. The maximum absolute atomic E-state index is 5.70. The lowest BCUT2D eigenvalue weighted by Gasteiger charge is -2.33. The van der Waals surface area contributed by atoms with Gasteiger partial charge in [-0.15, -0.1) is 0 Å². The highest BCUT2D eigenvalue weighted by molar-refractivity contribution is 5.19. The van der Waals surface area contributed by atoms with Crippen LogP contribution >= 0.6 is 0 Å². The van der Waals surface area contributed by atoms with Crippen LogP contribution < -0.4 is 5.32 Å². The van der Waals surface area contributed by atoms with Gasteiger partial charge in [-0.1, -0.05) is 30.3 Å². The van der Waals surface area contributed by atoms with E-state index in [0.717, 1.165) is 13.1 Å². The monoisotopic (exact) mass is 274 g/mol. The predicted octanol–water partition coefficient (Wildman–Crippen LogP) is 2.59. The van der Waals surface area contributed by atoms with Gasteiger partial charge in [0.15, 0.2) is 0 Å². The SMILES string of the molecule is COC1CCCC1N1CCCNC(c2ccccc2)C1. The number of ether oxygens (including phenoxy) is 1. The van der Waals surface area contributed by atoms with Crippen LogP contribution in [0, 0.1) is 0 Å². The van der Waals surface area contributed by atoms with E-state index >= 15 is 0 Å². The van der Waals surface area contributed by atoms with Crippen molar-refractivity contribution in [1.82, 2.24) is 10.2 Å². The highest BCUT2D eigenvalue weighted by Gasteiger charge is 2.34. The van der Waals surface area contributed by atoms with Crippen LogP contribution in [0.1, 0.15) is 37.3 Å². The maximum Gasteiger partial charge on any atom is 0.0726 e. The molecule has 2 fully saturated rings. The summed E-state index contributed by atoms with van der Waals surface area (Å²) in [6.07, 6.45) is 5.49. The number of hydrogen-bond acceptors (Lipinski definition) is 3. The Morgan fingerprint density at radius 2 is 2.00 bits per heavy atom. The van der Waals surface area contributed by atoms with Gasteiger partial charge >= 0.3 is 0 Å². The Labute approximate surface area is 122 Å². The lowest BCUT2D eigenvalue weighted by Crippen LogP contribution is -2.43. The van der Waals surface area contributed by atoms with Gasteiger partial charge in [-0.25, -0.2) is 0 Å². The minimum absolute atomic E-state index is 0.435. The van der Waals surface area contributed by atoms with Crippen LogP contribution in [0.5, 0.6) is 0 Å². The molecule has 3 heteroatoms. The first-order chi connectivity index (χ1) is 9.88. The third kappa shape index (κ3) is 3.05. The number of hydrogen-bond donors (Lipinski definition) is 1. The van der Waals surface area contributed by atoms with Gasteiger partial charge in [-0.05, 0) is 44.3 Å². The molecular formula is C17H26N2O. The third-order valence-corrected chi connectivity index (χ3v) is 4.82. The number of benzene rings is 1. The van der Waals surface area contributed by atoms with Crippen molar-refractivity contribution in [3.8, 4) is 0 Å². The fourth-order valence-electron chi connectivity index (χ4n) is 3.76. The molecule has 1 aliphatic heterocycles. The summed E-state index contributed by atoms with van der Waals surface area (Å²) in [6, 6.07) is 11.9. The summed E-state index contributed by atoms with van der Waals surface area (Å²) in [5.74, 6) is 0. The summed E-state index contributed by atoms with van der Waals surface area (Å²) >= 11 is 0. The van der Waals surface area contributed by atoms with E-state index < -0.39 is 0 Å². The number of methoxy groups -OCH3 is 1. The maximum atomic E-state index is 5.70. The van der Waals surface area contributed by atoms with Gasteiger partial charge in [0, 0.05) is 25.7 Å². The number of nitrogens with one attached hydrogen (secondary N) is 1. The zero-order valence-electron chi connectivity index (χ0n) is 12.4. The number of rotatable bonds is 3. The average molecular weight is 274 g/mol. The highest BCUT2D eigenvalue weighted by atomic mass is 16.5. The third-order valence-electron chi connectivity index (χ3n) is 4.82. The fourth-order valence-corrected chi connectivity index (χ4v) is 3.76. The van der Waals surface area contributed by atoms with Crippen molar-refractivity contribution in [3.63, 3.8) is 0 Å². The summed E-state index contributed by atoms with van der Waals surface area (Å²) in [4.78, 5) is 2.67. The lowest BCUT2D eigenvalue weighted by molar-refractivity contribution is 0.0321. The van der Waals surface area contributed by atoms with E-state index in [4.69, 9.17) is 4.74 Å². The van der Waals surface area contributed by atoms with Gasteiger partial charge in [-0.3, -0.25) is 4.90 Å². The second-order valence-electron chi connectivity index (χ2n) is 6.04. The first-order valence-electron chi connectivity index (χ1n) is 7.93. The van der Waals surface area contributed by atoms with Crippen molar-refractivity contribution in [2.75, 3.05) is 26.7 Å². The fraction of sp³-hybridized carbons (Fsp3) is 0.647. The van der Waals surface area contributed by atoms with Crippen molar-refractivity contribution >= 4 is 0 Å². The molecule has 1 saturated carbocycles. The predicted molar refractivity (Wildman–Crippen MR) is 81.8 cm³/mol. The summed E-state index contributed by atoms with van der Waals surface area (Å²) in [5, 5.41) is 3.70. The number of nitrogens with zero attached hydrogens (tertiary/aromatic N) is 1. The Bertz CT molecular complexity index is 409. The summed E-state index contributed by atoms with van der Waals surface area (Å²) in [7, 11) is 1.87. The second kappa shape index (κ2) is 6.70. The quantitative estimate of drug-likeness (QED) is 0.917. The molecule has 110 valence electrons. The molecule has 0 aromatic heterocycles. The first-order valence-corrected chi connectivity index (χ1v) is 7.93. The Hall–Kier alpha value is -0.900. The van der Waals surface area contributed by atoms with Crippen LogP contribution in [0.3, 0.4) is 0 Å². The molecule has 20 heavy (non-hydrogen) atoms. The lowest BCUT2D eigenvalue weighted by atomic mass is 10.1. The minimum atomic E-state index is 0.435. The molecule has 1 aliphatic carbocycles. The largest absolute Gasteiger partial charge is 0.380 e. The van der Waals surface area contributed by atoms with Crippen molar-refractivity contribution in [3.05, 3.63) is 35.9 Å². The minimum Gasteiger partial charge on any atom is -0.380 e. The van der Waals surface area contributed by atoms with E-state index in [1.807, 2.05) is 7.11 Å². The standard InChI is InChI=1S/C17H26N2O/c1-20-17-10-5-9-16(17)19-12-6-11-18-15(13-19)14-7-3-2-4-8-14/h2-4,7-8,15-18H,5-6,9-13H2,1H3. The molecule has 0 radical (unpaired) electrons. The molecule has 1 aromatic carbocycles. The summed E-state index contributed by atoms with van der Waals surface area (Å²) in [6.45, 7) is 3.41. The molecule has 0 amide bonds. The Balaban J connectivity index is 1.72. The molecule has 1 saturated heterocycles. The van der Waals surface area contributed by atoms with E-state index in [1.54, 1.807) is 0 Å². The Kier molecular flexibility index (Phi) is 4.71. The Morgan fingerprint density at radius 1 is 1.15 bits per heavy atom. The van der Waals surface area contributed by atoms with E-state index in [-0.39, 0.29) is 0 Å². The van der Waals surface area contributed by atoms with Gasteiger partial charge in [-0.2, -0.15) is 0 Å². The van der Waals surface area contributed by atoms with Crippen LogP contribution in [0.25, 0.3) is 0 Å². The van der Waals surface area contributed by atoms with Gasteiger partial charge in [0.05, 0.1) is 6.10 Å². The second-order valence-corrected chi connectivity index (χ2v) is 6.04. The van der Waals surface area contributed by atoms with Crippen LogP contribution in [0.2, 0.25) is 0 Å². The zero-order chi connectivity index (χ0) is 13.8. The van der Waals surface area contributed by atoms with Crippen LogP contribution in [-0.4, -0.2) is 43.8 Å². The van der Waals surface area contributed by atoms with Crippen LogP contribution in [0.15, 0.2) is 30.3 Å². The summed E-state index contributed by atoms with van der Waals surface area (Å²) in [5.41, 5.74) is 1.41. The van der Waals surface area contributed by atoms with E-state index in [1.165, 1.54) is 37.8 Å². The molecule has 3 nitrogen and oxygen atoms in total. The molecule has 1 heterocycles. The van der Waals surface area contributed by atoms with E-state index in [2.05, 4.69) is 40.5 Å². The van der Waals surface area contributed by atoms with Crippen molar-refractivity contribution in [2.45, 2.75) is 43.9 Å². The van der Waals surface area contributed by atoms with Gasteiger partial charge in [0.1, 0.15) is 0 Å². The molecule has 3 unspecified atom stereocenters. The average Bonchev–Trinajstić information content (AvgIpc) is 2.85. The topological polar surface area (TPSA) is 24.5 Å². The van der Waals surface area contributed by atoms with Gasteiger partial charge < -0.3 is 10.1 Å².